The zero-order chi connectivity index (χ0) is 83.3. The fraction of sp³-hybridized carbons (Fsp3) is 0.320. The molecule has 7 aliphatic rings. The molecule has 590 valence electrons. The molecule has 0 N–H and O–H groups in total. The molecule has 0 aliphatic heterocycles. The van der Waals surface area contributed by atoms with Crippen LogP contribution in [0.2, 0.25) is 0 Å². The average molecular weight is 1540 g/mol. The Morgan fingerprint density at radius 2 is 0.556 bits per heavy atom. The van der Waals surface area contributed by atoms with E-state index in [9.17, 15) is 0 Å². The summed E-state index contributed by atoms with van der Waals surface area (Å²) in [6.07, 6.45) is 14.3. The molecule has 0 radical (unpaired) electrons. The zero-order valence-electron chi connectivity index (χ0n) is 73.4. The van der Waals surface area contributed by atoms with E-state index in [1.165, 1.54) is 201 Å². The molecule has 0 aromatic carbocycles. The first kappa shape index (κ1) is 80.3. The summed E-state index contributed by atoms with van der Waals surface area (Å²) in [5.74, 6) is 0. The maximum Gasteiger partial charge on any atom is 0.0765 e. The minimum Gasteiger partial charge on any atom is -0.260 e. The number of aromatic nitrogens is 14. The topological polar surface area (TPSA) is 180 Å². The molecule has 21 rings (SSSR count). The monoisotopic (exact) mass is 1540 g/mol. The van der Waals surface area contributed by atoms with Gasteiger partial charge in [-0.2, -0.15) is 0 Å². The van der Waals surface area contributed by atoms with Gasteiger partial charge in [-0.05, 0) is 357 Å². The van der Waals surface area contributed by atoms with Crippen LogP contribution in [-0.4, -0.2) is 69.8 Å². The quantitative estimate of drug-likeness (QED) is 0.140. The average Bonchev–Trinajstić information content (AvgIpc) is 1.61. The lowest BCUT2D eigenvalue weighted by atomic mass is 10.0. The number of rotatable bonds is 0. The molecular weight excluding hydrogens is 1430 g/mol. The van der Waals surface area contributed by atoms with Gasteiger partial charge in [-0.25, -0.2) is 0 Å². The Labute approximate surface area is 691 Å². The van der Waals surface area contributed by atoms with Crippen LogP contribution in [0.1, 0.15) is 225 Å². The summed E-state index contributed by atoms with van der Waals surface area (Å²) < 4.78 is 0. The third-order valence-electron chi connectivity index (χ3n) is 25.5. The molecule has 0 spiro atoms. The van der Waals surface area contributed by atoms with Gasteiger partial charge < -0.3 is 0 Å². The summed E-state index contributed by atoms with van der Waals surface area (Å²) in [5, 5.41) is 0. The van der Waals surface area contributed by atoms with Gasteiger partial charge in [-0.3, -0.25) is 69.8 Å². The van der Waals surface area contributed by atoms with E-state index >= 15 is 0 Å². The van der Waals surface area contributed by atoms with Crippen molar-refractivity contribution < 1.29 is 0 Å². The van der Waals surface area contributed by atoms with Crippen molar-refractivity contribution in [3.8, 4) is 78.8 Å². The van der Waals surface area contributed by atoms with E-state index in [0.717, 1.165) is 147 Å². The van der Waals surface area contributed by atoms with Gasteiger partial charge in [0.05, 0.1) is 79.7 Å². The summed E-state index contributed by atoms with van der Waals surface area (Å²) in [4.78, 5) is 65.1. The first-order chi connectivity index (χ1) is 55.7. The summed E-state index contributed by atoms with van der Waals surface area (Å²) in [5.41, 5.74) is 66.1. The van der Waals surface area contributed by atoms with Gasteiger partial charge >= 0.3 is 0 Å². The van der Waals surface area contributed by atoms with Gasteiger partial charge in [0.15, 0.2) is 0 Å². The van der Waals surface area contributed by atoms with E-state index in [1.807, 2.05) is 38.6 Å². The fourth-order valence-electron chi connectivity index (χ4n) is 17.4. The van der Waals surface area contributed by atoms with Gasteiger partial charge in [0, 0.05) is 166 Å². The molecule has 0 saturated carbocycles. The van der Waals surface area contributed by atoms with Gasteiger partial charge in [0.25, 0.3) is 0 Å². The van der Waals surface area contributed by atoms with Crippen LogP contribution in [0.25, 0.3) is 78.8 Å². The number of fused-ring (bicyclic) bond motifs is 21. The Morgan fingerprint density at radius 1 is 0.205 bits per heavy atom. The predicted molar refractivity (Wildman–Crippen MR) is 475 cm³/mol. The van der Waals surface area contributed by atoms with E-state index in [-0.39, 0.29) is 0 Å². The van der Waals surface area contributed by atoms with Gasteiger partial charge in [-0.1, -0.05) is 24.3 Å². The molecular formula is C103H108N14. The van der Waals surface area contributed by atoms with Crippen LogP contribution in [0.4, 0.5) is 0 Å². The second-order valence-corrected chi connectivity index (χ2v) is 33.8. The summed E-state index contributed by atoms with van der Waals surface area (Å²) in [7, 11) is 0. The minimum atomic E-state index is 0.930. The van der Waals surface area contributed by atoms with Crippen molar-refractivity contribution in [1.29, 1.82) is 0 Å². The number of hydrogen-bond donors (Lipinski definition) is 0. The standard InChI is InChI=1S/5C15H16N2.2C14H14N2/c1-8-6-12-7-13-14(15(12)17-11(8)4)9(2)5-10(3)16-13;1-8-5-12-6-13-14(15(12)17-11(8)4)10(3)9(2)7-16-13;1-8-5-13-14(16-7-8)6-12-10(3)9(2)11(4)17-15(12)13;1-8-5-6-16-13-7-12-10(3)9(2)11(4)17-15(12)14(8)13;1-8-5-6-12-14(16-8)7-13-10(3)9(2)11(4)17-15(12)13;1-8-4-12-13(15-7-8)6-11-5-9(2)10(3)16-14(11)12;1-8-6-11-7-13-12(5-4-9(2)15-13)14(11)16-10(8)3/h5-6H,7H2,1-4H3;2*5,7H,6H2,1-4H3;2*5-6H,7H2,1-4H3;4-5,7H,6H2,1-3H3;4-6H,7H2,1-3H3. The maximum absolute atomic E-state index is 4.78. The van der Waals surface area contributed by atoms with Crippen molar-refractivity contribution in [2.75, 3.05) is 0 Å². The normalized spacial score (nSPS) is 12.5. The van der Waals surface area contributed by atoms with E-state index in [2.05, 4.69) is 279 Å². The van der Waals surface area contributed by atoms with Crippen LogP contribution in [-0.2, 0) is 44.9 Å². The van der Waals surface area contributed by atoms with Crippen LogP contribution in [0, 0.1) is 180 Å². The van der Waals surface area contributed by atoms with Crippen LogP contribution < -0.4 is 0 Å². The highest BCUT2D eigenvalue weighted by Crippen LogP contribution is 2.45. The van der Waals surface area contributed by atoms with E-state index < -0.39 is 0 Å². The van der Waals surface area contributed by atoms with Crippen molar-refractivity contribution >= 4 is 0 Å². The Kier molecular flexibility index (Phi) is 21.7. The largest absolute Gasteiger partial charge is 0.260 e. The molecule has 7 aliphatic carbocycles. The van der Waals surface area contributed by atoms with Crippen LogP contribution in [0.15, 0.2) is 97.6 Å². The lowest BCUT2D eigenvalue weighted by molar-refractivity contribution is 1.05. The van der Waals surface area contributed by atoms with E-state index in [0.29, 0.717) is 0 Å². The van der Waals surface area contributed by atoms with Crippen molar-refractivity contribution in [3.63, 3.8) is 0 Å². The molecule has 14 aromatic rings. The molecule has 14 aromatic heterocycles. The Balaban J connectivity index is 0.000000107. The van der Waals surface area contributed by atoms with Crippen LogP contribution in [0.3, 0.4) is 0 Å². The van der Waals surface area contributed by atoms with Gasteiger partial charge in [0.2, 0.25) is 0 Å². The molecule has 0 saturated heterocycles. The third-order valence-corrected chi connectivity index (χ3v) is 25.5. The number of nitrogens with zero attached hydrogens (tertiary/aromatic N) is 14. The highest BCUT2D eigenvalue weighted by molar-refractivity contribution is 5.81. The lowest BCUT2D eigenvalue weighted by Crippen LogP contribution is -1.98. The summed E-state index contributed by atoms with van der Waals surface area (Å²) in [6.45, 7) is 54.9. The number of hydrogen-bond acceptors (Lipinski definition) is 14. The van der Waals surface area contributed by atoms with Crippen molar-refractivity contribution in [2.45, 2.75) is 225 Å². The number of pyridine rings is 14. The highest BCUT2D eigenvalue weighted by Gasteiger charge is 2.31. The van der Waals surface area contributed by atoms with Crippen LogP contribution >= 0.6 is 0 Å². The van der Waals surface area contributed by atoms with Crippen LogP contribution in [0.5, 0.6) is 0 Å². The molecule has 117 heavy (non-hydrogen) atoms. The highest BCUT2D eigenvalue weighted by atomic mass is 14.8. The van der Waals surface area contributed by atoms with E-state index in [1.54, 1.807) is 0 Å². The van der Waals surface area contributed by atoms with E-state index in [4.69, 9.17) is 29.9 Å². The molecule has 14 heteroatoms. The fourth-order valence-corrected chi connectivity index (χ4v) is 17.4. The molecule has 0 unspecified atom stereocenters. The van der Waals surface area contributed by atoms with Gasteiger partial charge in [-0.15, -0.1) is 0 Å². The first-order valence-corrected chi connectivity index (χ1v) is 41.2. The molecule has 14 heterocycles. The van der Waals surface area contributed by atoms with Crippen molar-refractivity contribution in [3.05, 3.63) is 322 Å². The van der Waals surface area contributed by atoms with Crippen molar-refractivity contribution in [1.82, 2.24) is 69.8 Å². The smallest absolute Gasteiger partial charge is 0.0765 e. The molecule has 0 bridgehead atoms. The zero-order valence-corrected chi connectivity index (χ0v) is 73.4. The lowest BCUT2D eigenvalue weighted by Gasteiger charge is -2.10. The molecule has 0 atom stereocenters. The molecule has 14 nitrogen and oxygen atoms in total. The molecule has 0 amide bonds. The van der Waals surface area contributed by atoms with Crippen molar-refractivity contribution in [2.24, 2.45) is 0 Å². The minimum absolute atomic E-state index is 0.930. The maximum atomic E-state index is 4.78. The van der Waals surface area contributed by atoms with Gasteiger partial charge in [0.1, 0.15) is 0 Å². The SMILES string of the molecule is Cc1cc(C)c2c(n1)Cc1cc(C)c(C)nc1-2.Cc1cc2c(nc1C)-c1c(ncc(C)c1C)C2.Cc1ccc2c(n1)Cc1c-2nc(C)c(C)c1C.Cc1ccc2c(n1)Cc1cc(C)c(C)nc1-2.Cc1ccnc2c1-c1nc(C)c(C)c(C)c1C2.Cc1cnc2c(c1)-c1nc(C)c(C)c(C)c1C2.Cc1cnc2c(c1)-c1nc(C)c(C)cc1C2. The second-order valence-electron chi connectivity index (χ2n) is 33.8. The summed E-state index contributed by atoms with van der Waals surface area (Å²) in [6, 6.07) is 26.0. The third kappa shape index (κ3) is 15.2. The Morgan fingerprint density at radius 3 is 1.09 bits per heavy atom. The second kappa shape index (κ2) is 31.6. The predicted octanol–water partition coefficient (Wildman–Crippen LogP) is 22.4. The summed E-state index contributed by atoms with van der Waals surface area (Å²) >= 11 is 0. The first-order valence-electron chi connectivity index (χ1n) is 41.2. The Hall–Kier alpha value is -11.9. The number of aryl methyl sites for hydroxylation is 19. The Bertz CT molecular complexity index is 6490. The molecule has 0 fully saturated rings.